The van der Waals surface area contributed by atoms with Gasteiger partial charge in [-0.25, -0.2) is 0 Å². The molecule has 6 nitrogen and oxygen atoms in total. The minimum atomic E-state index is -0.669. The highest BCUT2D eigenvalue weighted by molar-refractivity contribution is 5.76. The molecule has 0 aromatic rings. The highest BCUT2D eigenvalue weighted by Gasteiger charge is 2.20. The number of rotatable bonds is 61. The summed E-state index contributed by atoms with van der Waals surface area (Å²) in [5, 5.41) is 23.4. The summed E-state index contributed by atoms with van der Waals surface area (Å²) in [6.45, 7) is 4.98. The van der Waals surface area contributed by atoms with Gasteiger partial charge in [-0.1, -0.05) is 335 Å². The molecular weight excluding hydrogens is 863 g/mol. The number of amides is 1. The Hall–Kier alpha value is -1.14. The Bertz CT molecular complexity index is 1010. The first-order chi connectivity index (χ1) is 34.5. The number of esters is 1. The van der Waals surface area contributed by atoms with E-state index in [0.29, 0.717) is 25.9 Å². The Labute approximate surface area is 438 Å². The third kappa shape index (κ3) is 56.2. The molecule has 3 N–H and O–H groups in total. The third-order valence-corrected chi connectivity index (χ3v) is 15.4. The van der Waals surface area contributed by atoms with Crippen LogP contribution in [0.3, 0.4) is 0 Å². The first-order valence-corrected chi connectivity index (χ1v) is 32.3. The van der Waals surface area contributed by atoms with Gasteiger partial charge in [0.1, 0.15) is 0 Å². The second-order valence-electron chi connectivity index (χ2n) is 22.5. The first kappa shape index (κ1) is 68.9. The normalized spacial score (nSPS) is 12.5. The molecule has 0 radical (unpaired) electrons. The fourth-order valence-electron chi connectivity index (χ4n) is 10.5. The molecule has 0 rings (SSSR count). The number of carbonyl (C=O) groups is 2. The van der Waals surface area contributed by atoms with E-state index in [4.69, 9.17) is 4.74 Å². The number of ether oxygens (including phenoxy) is 1. The SMILES string of the molecule is CCCCCCCCCCCCCCCCCCCCCCCCCCC(O)C(CO)NC(=O)CCCCCCCCCCCCCCCCCCOC(=O)CCCCCCCCCCCCCCC. The maximum atomic E-state index is 12.5. The van der Waals surface area contributed by atoms with E-state index >= 15 is 0 Å². The smallest absolute Gasteiger partial charge is 0.305 e. The zero-order valence-electron chi connectivity index (χ0n) is 47.8. The summed E-state index contributed by atoms with van der Waals surface area (Å²) in [5.41, 5.74) is 0. The summed E-state index contributed by atoms with van der Waals surface area (Å²) in [4.78, 5) is 24.6. The van der Waals surface area contributed by atoms with Crippen molar-refractivity contribution in [3.05, 3.63) is 0 Å². The van der Waals surface area contributed by atoms with Gasteiger partial charge in [-0.05, 0) is 25.7 Å². The van der Waals surface area contributed by atoms with Gasteiger partial charge >= 0.3 is 5.97 Å². The van der Waals surface area contributed by atoms with Crippen LogP contribution in [0.5, 0.6) is 0 Å². The lowest BCUT2D eigenvalue weighted by atomic mass is 10.0. The zero-order chi connectivity index (χ0) is 50.7. The molecule has 0 aromatic carbocycles. The maximum Gasteiger partial charge on any atom is 0.305 e. The molecule has 0 saturated carbocycles. The molecule has 2 unspecified atom stereocenters. The summed E-state index contributed by atoms with van der Waals surface area (Å²) >= 11 is 0. The minimum Gasteiger partial charge on any atom is -0.466 e. The van der Waals surface area contributed by atoms with Crippen molar-refractivity contribution in [1.29, 1.82) is 0 Å². The Morgan fingerprint density at radius 3 is 0.871 bits per heavy atom. The molecule has 0 aliphatic rings. The Kier molecular flexibility index (Phi) is 59.4. The predicted molar refractivity (Wildman–Crippen MR) is 306 cm³/mol. The molecule has 0 spiro atoms. The van der Waals surface area contributed by atoms with Gasteiger partial charge < -0.3 is 20.3 Å². The topological polar surface area (TPSA) is 95.9 Å². The van der Waals surface area contributed by atoms with Crippen molar-refractivity contribution in [3.8, 4) is 0 Å². The molecule has 1 amide bonds. The van der Waals surface area contributed by atoms with Crippen LogP contribution < -0.4 is 5.32 Å². The van der Waals surface area contributed by atoms with Gasteiger partial charge in [0.15, 0.2) is 0 Å². The molecule has 2 atom stereocenters. The van der Waals surface area contributed by atoms with Crippen LogP contribution in [0.25, 0.3) is 0 Å². The van der Waals surface area contributed by atoms with Crippen LogP contribution in [0.1, 0.15) is 373 Å². The number of aliphatic hydroxyl groups excluding tert-OH is 2. The lowest BCUT2D eigenvalue weighted by Gasteiger charge is -2.22. The molecule has 0 saturated heterocycles. The van der Waals surface area contributed by atoms with Gasteiger partial charge in [-0.3, -0.25) is 9.59 Å². The second-order valence-corrected chi connectivity index (χ2v) is 22.5. The molecule has 6 heteroatoms. The number of unbranched alkanes of at least 4 members (excludes halogenated alkanes) is 50. The molecule has 0 aliphatic heterocycles. The Balaban J connectivity index is 3.40. The summed E-state index contributed by atoms with van der Waals surface area (Å²) in [7, 11) is 0. The largest absolute Gasteiger partial charge is 0.466 e. The van der Waals surface area contributed by atoms with Gasteiger partial charge in [0.25, 0.3) is 0 Å². The van der Waals surface area contributed by atoms with Crippen molar-refractivity contribution >= 4 is 11.9 Å². The van der Waals surface area contributed by atoms with E-state index in [0.717, 1.165) is 44.9 Å². The minimum absolute atomic E-state index is 0.00632. The van der Waals surface area contributed by atoms with Gasteiger partial charge in [0.2, 0.25) is 5.91 Å². The molecular formula is C64H127NO5. The average molecular weight is 991 g/mol. The summed E-state index contributed by atoms with van der Waals surface area (Å²) in [5.74, 6) is -0.0300. The van der Waals surface area contributed by atoms with Crippen LogP contribution in [0, 0.1) is 0 Å². The van der Waals surface area contributed by atoms with E-state index in [9.17, 15) is 19.8 Å². The molecule has 70 heavy (non-hydrogen) atoms. The number of nitrogens with one attached hydrogen (secondary N) is 1. The Morgan fingerprint density at radius 2 is 0.586 bits per heavy atom. The van der Waals surface area contributed by atoms with Gasteiger partial charge in [0.05, 0.1) is 25.4 Å². The van der Waals surface area contributed by atoms with Gasteiger partial charge in [0, 0.05) is 12.8 Å². The van der Waals surface area contributed by atoms with Crippen LogP contribution in [0.2, 0.25) is 0 Å². The molecule has 418 valence electrons. The van der Waals surface area contributed by atoms with Gasteiger partial charge in [-0.15, -0.1) is 0 Å². The highest BCUT2D eigenvalue weighted by atomic mass is 16.5. The zero-order valence-corrected chi connectivity index (χ0v) is 47.8. The van der Waals surface area contributed by atoms with Crippen LogP contribution in [-0.4, -0.2) is 47.4 Å². The fourth-order valence-corrected chi connectivity index (χ4v) is 10.5. The molecule has 0 aromatic heterocycles. The molecule has 0 bridgehead atoms. The number of hydrogen-bond donors (Lipinski definition) is 3. The van der Waals surface area contributed by atoms with Crippen LogP contribution >= 0.6 is 0 Å². The monoisotopic (exact) mass is 990 g/mol. The Morgan fingerprint density at radius 1 is 0.343 bits per heavy atom. The van der Waals surface area contributed by atoms with Gasteiger partial charge in [-0.2, -0.15) is 0 Å². The molecule has 0 aliphatic carbocycles. The molecule has 0 fully saturated rings. The van der Waals surface area contributed by atoms with Crippen molar-refractivity contribution < 1.29 is 24.5 Å². The summed E-state index contributed by atoms with van der Waals surface area (Å²) in [6.07, 6.45) is 71.1. The molecule has 0 heterocycles. The number of hydrogen-bond acceptors (Lipinski definition) is 5. The summed E-state index contributed by atoms with van der Waals surface area (Å²) in [6, 6.07) is -0.546. The van der Waals surface area contributed by atoms with Crippen LogP contribution in [0.15, 0.2) is 0 Å². The first-order valence-electron chi connectivity index (χ1n) is 32.3. The van der Waals surface area contributed by atoms with E-state index < -0.39 is 12.1 Å². The number of carbonyl (C=O) groups excluding carboxylic acids is 2. The average Bonchev–Trinajstić information content (AvgIpc) is 3.36. The highest BCUT2D eigenvalue weighted by Crippen LogP contribution is 2.19. The van der Waals surface area contributed by atoms with E-state index in [1.807, 2.05) is 0 Å². The standard InChI is InChI=1S/C64H127NO5/c1-3-5-7-9-11-13-15-17-18-19-20-21-22-23-24-25-26-29-33-36-40-44-48-52-56-62(67)61(60-66)65-63(68)57-53-49-45-41-37-34-30-27-28-31-35-39-43-47-51-55-59-70-64(69)58-54-50-46-42-38-32-16-14-12-10-8-6-4-2/h61-62,66-67H,3-60H2,1-2H3,(H,65,68). The lowest BCUT2D eigenvalue weighted by molar-refractivity contribution is -0.143. The maximum absolute atomic E-state index is 12.5. The predicted octanol–water partition coefficient (Wildman–Crippen LogP) is 20.3. The fraction of sp³-hybridized carbons (Fsp3) is 0.969. The van der Waals surface area contributed by atoms with E-state index in [2.05, 4.69) is 19.2 Å². The van der Waals surface area contributed by atoms with Crippen LogP contribution in [0.4, 0.5) is 0 Å². The van der Waals surface area contributed by atoms with Crippen molar-refractivity contribution in [1.82, 2.24) is 5.32 Å². The van der Waals surface area contributed by atoms with Crippen molar-refractivity contribution in [2.24, 2.45) is 0 Å². The van der Waals surface area contributed by atoms with Crippen molar-refractivity contribution in [3.63, 3.8) is 0 Å². The van der Waals surface area contributed by atoms with Crippen molar-refractivity contribution in [2.45, 2.75) is 386 Å². The lowest BCUT2D eigenvalue weighted by Crippen LogP contribution is -2.45. The van der Waals surface area contributed by atoms with E-state index in [-0.39, 0.29) is 18.5 Å². The van der Waals surface area contributed by atoms with Crippen LogP contribution in [-0.2, 0) is 14.3 Å². The third-order valence-electron chi connectivity index (χ3n) is 15.4. The number of aliphatic hydroxyl groups is 2. The summed E-state index contributed by atoms with van der Waals surface area (Å²) < 4.78 is 5.48. The quantitative estimate of drug-likeness (QED) is 0.0417. The second kappa shape index (κ2) is 60.4. The van der Waals surface area contributed by atoms with E-state index in [1.165, 1.54) is 295 Å². The van der Waals surface area contributed by atoms with E-state index in [1.54, 1.807) is 0 Å². The van der Waals surface area contributed by atoms with Crippen molar-refractivity contribution in [2.75, 3.05) is 13.2 Å².